The first-order valence-corrected chi connectivity index (χ1v) is 19.1. The van der Waals surface area contributed by atoms with Crippen molar-refractivity contribution in [3.8, 4) is 5.75 Å². The molecule has 4 atom stereocenters. The zero-order valence-electron chi connectivity index (χ0n) is 32.0. The van der Waals surface area contributed by atoms with E-state index < -0.39 is 59.5 Å². The van der Waals surface area contributed by atoms with Crippen molar-refractivity contribution in [3.63, 3.8) is 0 Å². The van der Waals surface area contributed by atoms with E-state index in [4.69, 9.17) is 18.9 Å². The summed E-state index contributed by atoms with van der Waals surface area (Å²) in [6, 6.07) is 21.5. The molecule has 56 heavy (non-hydrogen) atoms. The summed E-state index contributed by atoms with van der Waals surface area (Å²) < 4.78 is 24.6. The Hall–Kier alpha value is -5.30. The smallest absolute Gasteiger partial charge is 0.338 e. The van der Waals surface area contributed by atoms with Gasteiger partial charge in [0.2, 0.25) is 11.8 Å². The number of phenols is 1. The molecule has 12 heteroatoms. The number of ether oxygens (including phenoxy) is 4. The van der Waals surface area contributed by atoms with Crippen LogP contribution in [0.4, 0.5) is 0 Å². The predicted molar refractivity (Wildman–Crippen MR) is 207 cm³/mol. The third-order valence-corrected chi connectivity index (χ3v) is 9.87. The van der Waals surface area contributed by atoms with E-state index in [0.29, 0.717) is 30.4 Å². The van der Waals surface area contributed by atoms with Gasteiger partial charge in [-0.25, -0.2) is 4.79 Å². The number of esters is 2. The molecule has 3 aromatic carbocycles. The quantitative estimate of drug-likeness (QED) is 0.166. The van der Waals surface area contributed by atoms with Gasteiger partial charge in [-0.1, -0.05) is 66.7 Å². The Kier molecular flexibility index (Phi) is 12.7. The van der Waals surface area contributed by atoms with Gasteiger partial charge in [-0.05, 0) is 80.1 Å². The third-order valence-electron chi connectivity index (χ3n) is 9.87. The summed E-state index contributed by atoms with van der Waals surface area (Å²) in [6.45, 7) is 4.94. The van der Waals surface area contributed by atoms with Crippen LogP contribution in [0, 0.1) is 0 Å². The SMILES string of the molecule is CC(C)(C)OC(=O)CC[C@@H](CO)NC(=O)CCNC(=O)C1=C[C@H]2OC3(Cc4ccccc4C3)O[C@H]2[C@H](OC(=O)c2cccc(C=CCc3ccccc3O)c2)C1. The number of allylic oxidation sites excluding steroid dienone is 1. The van der Waals surface area contributed by atoms with Crippen molar-refractivity contribution in [3.05, 3.63) is 118 Å². The molecular formula is C44H50N2O10. The van der Waals surface area contributed by atoms with E-state index in [2.05, 4.69) is 10.6 Å². The van der Waals surface area contributed by atoms with Gasteiger partial charge in [0, 0.05) is 44.2 Å². The maximum Gasteiger partial charge on any atom is 0.338 e. The highest BCUT2D eigenvalue weighted by Crippen LogP contribution is 2.45. The van der Waals surface area contributed by atoms with Crippen LogP contribution in [-0.4, -0.2) is 82.9 Å². The summed E-state index contributed by atoms with van der Waals surface area (Å²) in [4.78, 5) is 52.0. The topological polar surface area (TPSA) is 170 Å². The lowest BCUT2D eigenvalue weighted by Gasteiger charge is -2.30. The van der Waals surface area contributed by atoms with Crippen LogP contribution in [0.25, 0.3) is 6.08 Å². The van der Waals surface area contributed by atoms with Crippen molar-refractivity contribution in [1.82, 2.24) is 10.6 Å². The van der Waals surface area contributed by atoms with Crippen molar-refractivity contribution in [1.29, 1.82) is 0 Å². The average Bonchev–Trinajstić information content (AvgIpc) is 3.71. The Morgan fingerprint density at radius 2 is 1.70 bits per heavy atom. The van der Waals surface area contributed by atoms with Crippen molar-refractivity contribution in [2.45, 2.75) is 101 Å². The minimum Gasteiger partial charge on any atom is -0.508 e. The minimum absolute atomic E-state index is 0.00553. The second-order valence-electron chi connectivity index (χ2n) is 15.5. The fourth-order valence-electron chi connectivity index (χ4n) is 7.24. The van der Waals surface area contributed by atoms with Crippen LogP contribution in [0.15, 0.2) is 90.5 Å². The van der Waals surface area contributed by atoms with Gasteiger partial charge in [-0.2, -0.15) is 0 Å². The zero-order chi connectivity index (χ0) is 39.9. The molecular weight excluding hydrogens is 716 g/mol. The Morgan fingerprint density at radius 1 is 0.964 bits per heavy atom. The minimum atomic E-state index is -0.963. The molecule has 1 spiro atoms. The van der Waals surface area contributed by atoms with Crippen molar-refractivity contribution in [2.75, 3.05) is 13.2 Å². The van der Waals surface area contributed by atoms with Crippen LogP contribution in [0.2, 0.25) is 0 Å². The van der Waals surface area contributed by atoms with Gasteiger partial charge < -0.3 is 39.8 Å². The normalized spacial score (nSPS) is 20.1. The number of fused-ring (bicyclic) bond motifs is 2. The number of nitrogens with one attached hydrogen (secondary N) is 2. The lowest BCUT2D eigenvalue weighted by Crippen LogP contribution is -2.44. The monoisotopic (exact) mass is 766 g/mol. The Morgan fingerprint density at radius 3 is 2.41 bits per heavy atom. The van der Waals surface area contributed by atoms with E-state index in [-0.39, 0.29) is 44.6 Å². The van der Waals surface area contributed by atoms with Gasteiger partial charge in [0.15, 0.2) is 5.79 Å². The molecule has 3 aromatic rings. The Bertz CT molecular complexity index is 1960. The molecule has 296 valence electrons. The van der Waals surface area contributed by atoms with E-state index in [1.165, 1.54) is 0 Å². The summed E-state index contributed by atoms with van der Waals surface area (Å²) in [6.07, 6.45) is 5.10. The number of aliphatic hydroxyl groups is 1. The standard InChI is InChI=1S/C44H50N2O10/c1-43(2,3)55-39(50)19-18-34(27-47)46-38(49)20-21-45-41(51)33-23-36(40-37(24-33)54-44(56-40)25-31-13-4-5-14-32(31)26-44)53-42(52)30-16-9-11-28(22-30)10-8-15-29-12-6-7-17-35(29)48/h4-14,16-17,22,24,34,36-37,40,47-48H,15,18-21,23,25-27H2,1-3H3,(H,45,51)(H,46,49)/t34-,36+,37+,40-/m0/s1. The van der Waals surface area contributed by atoms with E-state index >= 15 is 0 Å². The number of carbonyl (C=O) groups is 4. The largest absolute Gasteiger partial charge is 0.508 e. The fraction of sp³-hybridized carbons (Fsp3) is 0.409. The molecule has 3 aliphatic rings. The molecule has 0 unspecified atom stereocenters. The highest BCUT2D eigenvalue weighted by molar-refractivity contribution is 5.94. The van der Waals surface area contributed by atoms with Crippen LogP contribution < -0.4 is 10.6 Å². The fourth-order valence-corrected chi connectivity index (χ4v) is 7.24. The van der Waals surface area contributed by atoms with E-state index in [1.807, 2.05) is 54.6 Å². The summed E-state index contributed by atoms with van der Waals surface area (Å²) in [5.74, 6) is -2.58. The number of benzene rings is 3. The van der Waals surface area contributed by atoms with Gasteiger partial charge in [0.05, 0.1) is 18.2 Å². The van der Waals surface area contributed by atoms with Gasteiger partial charge in [-0.15, -0.1) is 0 Å². The molecule has 4 N–H and O–H groups in total. The highest BCUT2D eigenvalue weighted by atomic mass is 16.8. The number of aliphatic hydroxyl groups excluding tert-OH is 1. The molecule has 2 aliphatic carbocycles. The molecule has 0 aromatic heterocycles. The van der Waals surface area contributed by atoms with Crippen LogP contribution >= 0.6 is 0 Å². The van der Waals surface area contributed by atoms with E-state index in [0.717, 1.165) is 22.3 Å². The van der Waals surface area contributed by atoms with Crippen LogP contribution in [0.5, 0.6) is 5.75 Å². The molecule has 1 aliphatic heterocycles. The van der Waals surface area contributed by atoms with Crippen LogP contribution in [0.1, 0.15) is 79.1 Å². The number of hydrogen-bond donors (Lipinski definition) is 4. The van der Waals surface area contributed by atoms with Crippen LogP contribution in [0.3, 0.4) is 0 Å². The molecule has 2 amide bonds. The number of aromatic hydroxyl groups is 1. The van der Waals surface area contributed by atoms with Crippen molar-refractivity contribution >= 4 is 29.8 Å². The van der Waals surface area contributed by atoms with E-state index in [1.54, 1.807) is 57.2 Å². The first-order chi connectivity index (χ1) is 26.8. The zero-order valence-corrected chi connectivity index (χ0v) is 32.0. The second kappa shape index (κ2) is 17.7. The average molecular weight is 767 g/mol. The van der Waals surface area contributed by atoms with Gasteiger partial charge in [0.1, 0.15) is 29.7 Å². The number of rotatable bonds is 14. The maximum absolute atomic E-state index is 13.7. The molecule has 0 radical (unpaired) electrons. The summed E-state index contributed by atoms with van der Waals surface area (Å²) in [5.41, 5.74) is 3.81. The number of hydrogen-bond acceptors (Lipinski definition) is 10. The first kappa shape index (κ1) is 40.4. The Labute approximate surface area is 326 Å². The second-order valence-corrected chi connectivity index (χ2v) is 15.5. The summed E-state index contributed by atoms with van der Waals surface area (Å²) in [7, 11) is 0. The third kappa shape index (κ3) is 10.5. The molecule has 12 nitrogen and oxygen atoms in total. The van der Waals surface area contributed by atoms with Gasteiger partial charge in [-0.3, -0.25) is 14.4 Å². The van der Waals surface area contributed by atoms with E-state index in [9.17, 15) is 29.4 Å². The van der Waals surface area contributed by atoms with Crippen LogP contribution in [-0.2, 0) is 52.6 Å². The number of para-hydroxylation sites is 1. The molecule has 0 bridgehead atoms. The van der Waals surface area contributed by atoms with Crippen molar-refractivity contribution in [2.24, 2.45) is 0 Å². The number of phenolic OH excluding ortho intramolecular Hbond substituents is 1. The van der Waals surface area contributed by atoms with Gasteiger partial charge >= 0.3 is 11.9 Å². The summed E-state index contributed by atoms with van der Waals surface area (Å²) in [5, 5.41) is 25.3. The van der Waals surface area contributed by atoms with Crippen molar-refractivity contribution < 1.29 is 48.3 Å². The predicted octanol–water partition coefficient (Wildman–Crippen LogP) is 4.89. The number of carbonyl (C=O) groups excluding carboxylic acids is 4. The molecule has 1 fully saturated rings. The lowest BCUT2D eigenvalue weighted by molar-refractivity contribution is -0.172. The van der Waals surface area contributed by atoms with Gasteiger partial charge in [0.25, 0.3) is 0 Å². The Balaban J connectivity index is 1.09. The molecule has 6 rings (SSSR count). The molecule has 1 saturated heterocycles. The molecule has 0 saturated carbocycles. The lowest BCUT2D eigenvalue weighted by atomic mass is 9.91. The highest BCUT2D eigenvalue weighted by Gasteiger charge is 2.55. The first-order valence-electron chi connectivity index (χ1n) is 19.1. The summed E-state index contributed by atoms with van der Waals surface area (Å²) >= 11 is 0. The molecule has 1 heterocycles. The maximum atomic E-state index is 13.7. The number of amides is 2.